The van der Waals surface area contributed by atoms with Crippen molar-refractivity contribution in [1.82, 2.24) is 5.32 Å². The van der Waals surface area contributed by atoms with Gasteiger partial charge >= 0.3 is 5.97 Å². The lowest BCUT2D eigenvalue weighted by atomic mass is 10.2. The second-order valence-electron chi connectivity index (χ2n) is 2.03. The van der Waals surface area contributed by atoms with Crippen molar-refractivity contribution in [3.05, 3.63) is 11.6 Å². The molecule has 0 spiro atoms. The van der Waals surface area contributed by atoms with Crippen molar-refractivity contribution in [2.24, 2.45) is 0 Å². The molecule has 0 atom stereocenters. The van der Waals surface area contributed by atoms with Crippen LogP contribution in [0.5, 0.6) is 0 Å². The molecule has 0 unspecified atom stereocenters. The number of hydrogen-bond acceptors (Lipinski definition) is 2. The van der Waals surface area contributed by atoms with Gasteiger partial charge in [-0.2, -0.15) is 0 Å². The van der Waals surface area contributed by atoms with Gasteiger partial charge in [0, 0.05) is 18.2 Å². The molecule has 62 valence electrons. The van der Waals surface area contributed by atoms with Gasteiger partial charge in [0.25, 0.3) is 0 Å². The van der Waals surface area contributed by atoms with E-state index in [0.717, 1.165) is 6.08 Å². The number of hydrogen-bond donors (Lipinski definition) is 2. The van der Waals surface area contributed by atoms with Crippen molar-refractivity contribution < 1.29 is 14.7 Å². The van der Waals surface area contributed by atoms with E-state index in [4.69, 9.17) is 5.11 Å². The van der Waals surface area contributed by atoms with Crippen molar-refractivity contribution >= 4 is 11.9 Å². The SMILES string of the molecule is CCNC(=O)/C(C)=C/C(=O)O. The summed E-state index contributed by atoms with van der Waals surface area (Å²) in [6.45, 7) is 3.73. The molecule has 0 heterocycles. The standard InChI is InChI=1S/C7H11NO3/c1-3-8-7(11)5(2)4-6(9)10/h4H,3H2,1-2H3,(H,8,11)(H,9,10)/b5-4+. The number of carboxylic acid groups (broad SMARTS) is 1. The van der Waals surface area contributed by atoms with Gasteiger partial charge in [-0.25, -0.2) is 4.79 Å². The number of aliphatic carboxylic acids is 1. The van der Waals surface area contributed by atoms with Crippen molar-refractivity contribution in [2.75, 3.05) is 6.54 Å². The monoisotopic (exact) mass is 157 g/mol. The minimum absolute atomic E-state index is 0.208. The van der Waals surface area contributed by atoms with Gasteiger partial charge < -0.3 is 10.4 Å². The van der Waals surface area contributed by atoms with Gasteiger partial charge in [0.05, 0.1) is 0 Å². The molecular weight excluding hydrogens is 146 g/mol. The third-order valence-electron chi connectivity index (χ3n) is 1.04. The molecule has 0 saturated carbocycles. The summed E-state index contributed by atoms with van der Waals surface area (Å²) in [5.41, 5.74) is 0.208. The number of carbonyl (C=O) groups excluding carboxylic acids is 1. The van der Waals surface area contributed by atoms with Crippen molar-refractivity contribution in [1.29, 1.82) is 0 Å². The second kappa shape index (κ2) is 4.49. The molecule has 4 nitrogen and oxygen atoms in total. The molecule has 0 aliphatic carbocycles. The van der Waals surface area contributed by atoms with E-state index in [-0.39, 0.29) is 11.5 Å². The summed E-state index contributed by atoms with van der Waals surface area (Å²) in [6.07, 6.45) is 0.880. The lowest BCUT2D eigenvalue weighted by Gasteiger charge is -1.99. The highest BCUT2D eigenvalue weighted by atomic mass is 16.4. The summed E-state index contributed by atoms with van der Waals surface area (Å²) in [4.78, 5) is 20.9. The summed E-state index contributed by atoms with van der Waals surface area (Å²) in [7, 11) is 0. The molecule has 0 bridgehead atoms. The van der Waals surface area contributed by atoms with Crippen molar-refractivity contribution in [3.8, 4) is 0 Å². The molecule has 0 aliphatic rings. The minimum Gasteiger partial charge on any atom is -0.478 e. The zero-order valence-electron chi connectivity index (χ0n) is 6.55. The molecule has 0 fully saturated rings. The maximum atomic E-state index is 10.8. The Balaban J connectivity index is 4.12. The topological polar surface area (TPSA) is 66.4 Å². The van der Waals surface area contributed by atoms with Gasteiger partial charge in [-0.05, 0) is 13.8 Å². The molecule has 0 aromatic heterocycles. The van der Waals surface area contributed by atoms with Crippen LogP contribution in [0, 0.1) is 0 Å². The molecule has 1 amide bonds. The van der Waals surface area contributed by atoms with Crippen LogP contribution in [-0.2, 0) is 9.59 Å². The maximum absolute atomic E-state index is 10.8. The third-order valence-corrected chi connectivity index (χ3v) is 1.04. The predicted molar refractivity (Wildman–Crippen MR) is 40.1 cm³/mol. The van der Waals surface area contributed by atoms with Crippen LogP contribution in [-0.4, -0.2) is 23.5 Å². The summed E-state index contributed by atoms with van der Waals surface area (Å²) < 4.78 is 0. The first-order valence-corrected chi connectivity index (χ1v) is 3.27. The number of carbonyl (C=O) groups is 2. The van der Waals surface area contributed by atoms with Crippen LogP contribution < -0.4 is 5.32 Å². The number of likely N-dealkylation sites (N-methyl/N-ethyl adjacent to an activating group) is 1. The fraction of sp³-hybridized carbons (Fsp3) is 0.429. The van der Waals surface area contributed by atoms with Crippen LogP contribution in [0.4, 0.5) is 0 Å². The van der Waals surface area contributed by atoms with Crippen LogP contribution in [0.2, 0.25) is 0 Å². The van der Waals surface area contributed by atoms with Crippen LogP contribution in [0.15, 0.2) is 11.6 Å². The van der Waals surface area contributed by atoms with E-state index < -0.39 is 5.97 Å². The summed E-state index contributed by atoms with van der Waals surface area (Å²) in [5, 5.41) is 10.7. The molecule has 0 saturated heterocycles. The van der Waals surface area contributed by atoms with Gasteiger partial charge in [0.2, 0.25) is 5.91 Å². The first-order valence-electron chi connectivity index (χ1n) is 3.27. The Labute approximate surface area is 64.9 Å². The Kier molecular flexibility index (Phi) is 3.95. The summed E-state index contributed by atoms with van der Waals surface area (Å²) in [6, 6.07) is 0. The molecule has 11 heavy (non-hydrogen) atoms. The van der Waals surface area contributed by atoms with E-state index in [1.165, 1.54) is 6.92 Å². The number of nitrogens with one attached hydrogen (secondary N) is 1. The van der Waals surface area contributed by atoms with Crippen LogP contribution in [0.1, 0.15) is 13.8 Å². The number of amides is 1. The Morgan fingerprint density at radius 3 is 2.45 bits per heavy atom. The number of rotatable bonds is 3. The van der Waals surface area contributed by atoms with Crippen LogP contribution in [0.25, 0.3) is 0 Å². The summed E-state index contributed by atoms with van der Waals surface area (Å²) >= 11 is 0. The first kappa shape index (κ1) is 9.68. The Morgan fingerprint density at radius 1 is 1.55 bits per heavy atom. The van der Waals surface area contributed by atoms with Gasteiger partial charge in [-0.15, -0.1) is 0 Å². The van der Waals surface area contributed by atoms with E-state index in [9.17, 15) is 9.59 Å². The van der Waals surface area contributed by atoms with E-state index in [1.54, 1.807) is 6.92 Å². The molecular formula is C7H11NO3. The Morgan fingerprint density at radius 2 is 2.09 bits per heavy atom. The Bertz CT molecular complexity index is 196. The lowest BCUT2D eigenvalue weighted by molar-refractivity contribution is -0.131. The van der Waals surface area contributed by atoms with Crippen molar-refractivity contribution in [2.45, 2.75) is 13.8 Å². The van der Waals surface area contributed by atoms with E-state index in [0.29, 0.717) is 6.54 Å². The first-order chi connectivity index (χ1) is 5.07. The fourth-order valence-corrected chi connectivity index (χ4v) is 0.551. The normalized spacial score (nSPS) is 10.9. The lowest BCUT2D eigenvalue weighted by Crippen LogP contribution is -2.23. The van der Waals surface area contributed by atoms with Gasteiger partial charge in [-0.1, -0.05) is 0 Å². The highest BCUT2D eigenvalue weighted by molar-refractivity contribution is 5.98. The molecule has 4 heteroatoms. The van der Waals surface area contributed by atoms with Gasteiger partial charge in [0.15, 0.2) is 0 Å². The molecule has 0 aromatic rings. The fourth-order valence-electron chi connectivity index (χ4n) is 0.551. The molecule has 0 aliphatic heterocycles. The molecule has 0 rings (SSSR count). The molecule has 0 aromatic carbocycles. The summed E-state index contributed by atoms with van der Waals surface area (Å²) in [5.74, 6) is -1.44. The van der Waals surface area contributed by atoms with Gasteiger partial charge in [-0.3, -0.25) is 4.79 Å². The predicted octanol–water partition coefficient (Wildman–Crippen LogP) is 0.153. The Hall–Kier alpha value is -1.32. The third kappa shape index (κ3) is 4.13. The highest BCUT2D eigenvalue weighted by Gasteiger charge is 2.02. The number of carboxylic acids is 1. The largest absolute Gasteiger partial charge is 0.478 e. The average molecular weight is 157 g/mol. The second-order valence-corrected chi connectivity index (χ2v) is 2.03. The smallest absolute Gasteiger partial charge is 0.328 e. The zero-order chi connectivity index (χ0) is 8.85. The average Bonchev–Trinajstić information content (AvgIpc) is 1.86. The molecule has 0 radical (unpaired) electrons. The van der Waals surface area contributed by atoms with E-state index in [1.807, 2.05) is 0 Å². The van der Waals surface area contributed by atoms with E-state index >= 15 is 0 Å². The highest BCUT2D eigenvalue weighted by Crippen LogP contribution is 1.90. The molecule has 2 N–H and O–H groups in total. The maximum Gasteiger partial charge on any atom is 0.328 e. The van der Waals surface area contributed by atoms with E-state index in [2.05, 4.69) is 5.32 Å². The quantitative estimate of drug-likeness (QED) is 0.573. The van der Waals surface area contributed by atoms with Crippen LogP contribution in [0.3, 0.4) is 0 Å². The van der Waals surface area contributed by atoms with Crippen molar-refractivity contribution in [3.63, 3.8) is 0 Å². The van der Waals surface area contributed by atoms with Crippen LogP contribution >= 0.6 is 0 Å². The van der Waals surface area contributed by atoms with Gasteiger partial charge in [0.1, 0.15) is 0 Å². The zero-order valence-corrected chi connectivity index (χ0v) is 6.55. The minimum atomic E-state index is -1.10.